The zero-order valence-corrected chi connectivity index (χ0v) is 11.5. The second kappa shape index (κ2) is 6.77. The molecule has 0 aliphatic rings. The highest BCUT2D eigenvalue weighted by atomic mass is 16.3. The molecule has 0 heterocycles. The predicted molar refractivity (Wildman–Crippen MR) is 73.4 cm³/mol. The largest absolute Gasteiger partial charge is 0.391 e. The summed E-state index contributed by atoms with van der Waals surface area (Å²) in [6, 6.07) is 6.31. The number of likely N-dealkylation sites (N-methyl/N-ethyl adjacent to an activating group) is 1. The smallest absolute Gasteiger partial charge is 0.0707 e. The average molecular weight is 235 g/mol. The minimum Gasteiger partial charge on any atom is -0.391 e. The summed E-state index contributed by atoms with van der Waals surface area (Å²) < 4.78 is 0. The molecule has 0 fully saturated rings. The molecule has 0 aliphatic heterocycles. The van der Waals surface area contributed by atoms with Gasteiger partial charge in [-0.25, -0.2) is 0 Å². The van der Waals surface area contributed by atoms with Crippen LogP contribution in [0.3, 0.4) is 0 Å². The Kier molecular flexibility index (Phi) is 5.66. The highest BCUT2D eigenvalue weighted by molar-refractivity contribution is 5.33. The summed E-state index contributed by atoms with van der Waals surface area (Å²) in [6.07, 6.45) is 0.490. The summed E-state index contributed by atoms with van der Waals surface area (Å²) in [5.41, 5.74) is 3.86. The lowest BCUT2D eigenvalue weighted by Crippen LogP contribution is -2.33. The molecule has 2 heteroatoms. The van der Waals surface area contributed by atoms with Gasteiger partial charge in [-0.15, -0.1) is 0 Å². The number of benzene rings is 1. The first kappa shape index (κ1) is 14.2. The molecule has 0 aromatic heterocycles. The minimum absolute atomic E-state index is 0.269. The van der Waals surface area contributed by atoms with E-state index in [0.29, 0.717) is 0 Å². The predicted octanol–water partition coefficient (Wildman–Crippen LogP) is 2.55. The first-order chi connectivity index (χ1) is 8.08. The maximum Gasteiger partial charge on any atom is 0.0707 e. The summed E-state index contributed by atoms with van der Waals surface area (Å²) in [7, 11) is 0. The number of aliphatic hydroxyl groups excluding tert-OH is 1. The van der Waals surface area contributed by atoms with Crippen molar-refractivity contribution in [2.24, 2.45) is 0 Å². The zero-order valence-electron chi connectivity index (χ0n) is 11.5. The molecule has 1 N–H and O–H groups in total. The minimum atomic E-state index is -0.269. The summed E-state index contributed by atoms with van der Waals surface area (Å²) in [4.78, 5) is 2.26. The molecule has 0 amide bonds. The Balaban J connectivity index is 2.64. The number of aliphatic hydroxyl groups is 1. The van der Waals surface area contributed by atoms with Crippen LogP contribution in [0.15, 0.2) is 18.2 Å². The Morgan fingerprint density at radius 3 is 2.12 bits per heavy atom. The van der Waals surface area contributed by atoms with Crippen LogP contribution in [0.25, 0.3) is 0 Å². The van der Waals surface area contributed by atoms with Crippen LogP contribution in [-0.2, 0) is 6.42 Å². The molecule has 0 saturated heterocycles. The Bertz CT molecular complexity index is 325. The maximum atomic E-state index is 10.1. The van der Waals surface area contributed by atoms with Gasteiger partial charge in [0.15, 0.2) is 0 Å². The van der Waals surface area contributed by atoms with Crippen molar-refractivity contribution in [1.82, 2.24) is 4.90 Å². The lowest BCUT2D eigenvalue weighted by molar-refractivity contribution is 0.118. The van der Waals surface area contributed by atoms with Gasteiger partial charge in [0.05, 0.1) is 6.10 Å². The molecule has 2 nitrogen and oxygen atoms in total. The summed E-state index contributed by atoms with van der Waals surface area (Å²) >= 11 is 0. The van der Waals surface area contributed by atoms with Gasteiger partial charge < -0.3 is 10.0 Å². The standard InChI is InChI=1S/C15H25NO/c1-5-16(6-2)11-14(17)10-15-12(3)8-7-9-13(15)4/h7-9,14,17H,5-6,10-11H2,1-4H3. The van der Waals surface area contributed by atoms with Crippen molar-refractivity contribution >= 4 is 0 Å². The highest BCUT2D eigenvalue weighted by Crippen LogP contribution is 2.15. The Hall–Kier alpha value is -0.860. The van der Waals surface area contributed by atoms with Crippen molar-refractivity contribution in [3.05, 3.63) is 34.9 Å². The average Bonchev–Trinajstić information content (AvgIpc) is 2.31. The molecule has 1 atom stereocenters. The second-order valence-corrected chi connectivity index (χ2v) is 4.71. The summed E-state index contributed by atoms with van der Waals surface area (Å²) in [5, 5.41) is 10.1. The summed E-state index contributed by atoms with van der Waals surface area (Å²) in [6.45, 7) is 11.3. The monoisotopic (exact) mass is 235 g/mol. The van der Waals surface area contributed by atoms with Crippen molar-refractivity contribution in [3.8, 4) is 0 Å². The molecule has 0 bridgehead atoms. The van der Waals surface area contributed by atoms with Crippen LogP contribution in [-0.4, -0.2) is 35.7 Å². The third-order valence-electron chi connectivity index (χ3n) is 3.45. The van der Waals surface area contributed by atoms with E-state index in [1.807, 2.05) is 0 Å². The molecule has 1 rings (SSSR count). The van der Waals surface area contributed by atoms with E-state index in [2.05, 4.69) is 50.8 Å². The van der Waals surface area contributed by atoms with Gasteiger partial charge in [-0.3, -0.25) is 0 Å². The fourth-order valence-electron chi connectivity index (χ4n) is 2.25. The van der Waals surface area contributed by atoms with E-state index in [1.165, 1.54) is 16.7 Å². The van der Waals surface area contributed by atoms with Gasteiger partial charge in [0, 0.05) is 13.0 Å². The van der Waals surface area contributed by atoms with E-state index >= 15 is 0 Å². The molecule has 0 saturated carbocycles. The number of hydrogen-bond acceptors (Lipinski definition) is 2. The molecule has 1 aromatic carbocycles. The fraction of sp³-hybridized carbons (Fsp3) is 0.600. The molecular weight excluding hydrogens is 210 g/mol. The fourth-order valence-corrected chi connectivity index (χ4v) is 2.25. The van der Waals surface area contributed by atoms with Crippen LogP contribution >= 0.6 is 0 Å². The van der Waals surface area contributed by atoms with Crippen LogP contribution in [0.4, 0.5) is 0 Å². The second-order valence-electron chi connectivity index (χ2n) is 4.71. The van der Waals surface area contributed by atoms with Crippen molar-refractivity contribution in [1.29, 1.82) is 0 Å². The molecule has 0 aliphatic carbocycles. The van der Waals surface area contributed by atoms with Crippen LogP contribution in [0.2, 0.25) is 0 Å². The van der Waals surface area contributed by atoms with E-state index in [9.17, 15) is 5.11 Å². The first-order valence-corrected chi connectivity index (χ1v) is 6.54. The molecule has 1 aromatic rings. The van der Waals surface area contributed by atoms with Crippen LogP contribution in [0.1, 0.15) is 30.5 Å². The third-order valence-corrected chi connectivity index (χ3v) is 3.45. The lowest BCUT2D eigenvalue weighted by Gasteiger charge is -2.22. The van der Waals surface area contributed by atoms with Crippen molar-refractivity contribution in [2.75, 3.05) is 19.6 Å². The van der Waals surface area contributed by atoms with Gasteiger partial charge in [0.1, 0.15) is 0 Å². The Morgan fingerprint density at radius 2 is 1.65 bits per heavy atom. The normalized spacial score (nSPS) is 13.1. The van der Waals surface area contributed by atoms with Crippen molar-refractivity contribution in [3.63, 3.8) is 0 Å². The quantitative estimate of drug-likeness (QED) is 0.819. The summed E-state index contributed by atoms with van der Waals surface area (Å²) in [5.74, 6) is 0. The van der Waals surface area contributed by atoms with E-state index < -0.39 is 0 Å². The van der Waals surface area contributed by atoms with E-state index in [-0.39, 0.29) is 6.10 Å². The highest BCUT2D eigenvalue weighted by Gasteiger charge is 2.12. The number of rotatable bonds is 6. The molecular formula is C15H25NO. The van der Waals surface area contributed by atoms with Crippen LogP contribution < -0.4 is 0 Å². The van der Waals surface area contributed by atoms with Gasteiger partial charge in [0.25, 0.3) is 0 Å². The van der Waals surface area contributed by atoms with E-state index in [4.69, 9.17) is 0 Å². The van der Waals surface area contributed by atoms with Crippen molar-refractivity contribution < 1.29 is 5.11 Å². The SMILES string of the molecule is CCN(CC)CC(O)Cc1c(C)cccc1C. The van der Waals surface area contributed by atoms with Crippen LogP contribution in [0, 0.1) is 13.8 Å². The number of hydrogen-bond donors (Lipinski definition) is 1. The Morgan fingerprint density at radius 1 is 1.12 bits per heavy atom. The first-order valence-electron chi connectivity index (χ1n) is 6.54. The van der Waals surface area contributed by atoms with Crippen molar-refractivity contribution in [2.45, 2.75) is 40.2 Å². The molecule has 0 radical (unpaired) electrons. The molecule has 96 valence electrons. The van der Waals surface area contributed by atoms with Gasteiger partial charge in [-0.2, -0.15) is 0 Å². The maximum absolute atomic E-state index is 10.1. The van der Waals surface area contributed by atoms with Gasteiger partial charge >= 0.3 is 0 Å². The lowest BCUT2D eigenvalue weighted by atomic mass is 9.97. The Labute approximate surface area is 105 Å². The van der Waals surface area contributed by atoms with Gasteiger partial charge in [0.2, 0.25) is 0 Å². The third kappa shape index (κ3) is 4.14. The topological polar surface area (TPSA) is 23.5 Å². The molecule has 17 heavy (non-hydrogen) atoms. The van der Waals surface area contributed by atoms with Crippen LogP contribution in [0.5, 0.6) is 0 Å². The van der Waals surface area contributed by atoms with E-state index in [1.54, 1.807) is 0 Å². The zero-order chi connectivity index (χ0) is 12.8. The number of aryl methyl sites for hydroxylation is 2. The molecule has 0 spiro atoms. The van der Waals surface area contributed by atoms with E-state index in [0.717, 1.165) is 26.1 Å². The van der Waals surface area contributed by atoms with Gasteiger partial charge in [-0.05, 0) is 43.6 Å². The number of nitrogens with zero attached hydrogens (tertiary/aromatic N) is 1. The molecule has 1 unspecified atom stereocenters. The van der Waals surface area contributed by atoms with Gasteiger partial charge in [-0.1, -0.05) is 32.0 Å².